The molecule has 1 aliphatic rings. The topological polar surface area (TPSA) is 89.1 Å². The Balaban J connectivity index is 2.98. The van der Waals surface area contributed by atoms with Crippen molar-refractivity contribution >= 4 is 22.8 Å². The third-order valence-corrected chi connectivity index (χ3v) is 1.58. The minimum atomic E-state index is -0.418. The number of nitrogens with zero attached hydrogens (tertiary/aromatic N) is 3. The maximum Gasteiger partial charge on any atom is 0.231 e. The number of hydrogen-bond acceptors (Lipinski definition) is 5. The molecule has 0 bridgehead atoms. The fraction of sp³-hybridized carbons (Fsp3) is 0.333. The second-order valence-corrected chi connectivity index (χ2v) is 2.72. The summed E-state index contributed by atoms with van der Waals surface area (Å²) in [7, 11) is -0.418. The molecule has 0 amide bonds. The van der Waals surface area contributed by atoms with E-state index in [0.29, 0.717) is 0 Å². The van der Waals surface area contributed by atoms with Gasteiger partial charge in [-0.25, -0.2) is 0 Å². The molecule has 1 atom stereocenters. The molecule has 0 aromatic carbocycles. The highest BCUT2D eigenvalue weighted by Gasteiger charge is 1.98. The molecule has 1 aliphatic heterocycles. The molecular formula is C3H7N5S. The van der Waals surface area contributed by atoms with Crippen molar-refractivity contribution in [3.8, 4) is 0 Å². The first-order valence-corrected chi connectivity index (χ1v) is 3.79. The third-order valence-electron chi connectivity index (χ3n) is 0.680. The minimum Gasteiger partial charge on any atom is -0.367 e. The number of aliphatic imine (C=N–C) groups is 1. The fourth-order valence-corrected chi connectivity index (χ4v) is 1.11. The normalized spacial score (nSPS) is 26.1. The van der Waals surface area contributed by atoms with Gasteiger partial charge in [0.2, 0.25) is 11.9 Å². The van der Waals surface area contributed by atoms with Gasteiger partial charge in [-0.2, -0.15) is 13.8 Å². The Bertz CT molecular complexity index is 168. The molecule has 1 heterocycles. The van der Waals surface area contributed by atoms with Crippen molar-refractivity contribution < 1.29 is 0 Å². The van der Waals surface area contributed by atoms with Gasteiger partial charge in [0.15, 0.2) is 0 Å². The molecule has 4 N–H and O–H groups in total. The van der Waals surface area contributed by atoms with E-state index in [1.807, 2.05) is 6.26 Å². The lowest BCUT2D eigenvalue weighted by Crippen LogP contribution is -2.21. The molecule has 0 radical (unpaired) electrons. The molecule has 0 aliphatic carbocycles. The van der Waals surface area contributed by atoms with E-state index in [4.69, 9.17) is 11.5 Å². The lowest BCUT2D eigenvalue weighted by Gasteiger charge is -2.00. The summed E-state index contributed by atoms with van der Waals surface area (Å²) in [6.45, 7) is 0. The summed E-state index contributed by atoms with van der Waals surface area (Å²) < 4.78 is 7.64. The van der Waals surface area contributed by atoms with E-state index in [1.54, 1.807) is 0 Å². The molecule has 1 rings (SSSR count). The first-order valence-electron chi connectivity index (χ1n) is 2.25. The molecular weight excluding hydrogens is 138 g/mol. The van der Waals surface area contributed by atoms with Crippen LogP contribution in [0.4, 0.5) is 0 Å². The van der Waals surface area contributed by atoms with Crippen LogP contribution in [0.15, 0.2) is 13.8 Å². The van der Waals surface area contributed by atoms with Gasteiger partial charge in [0.25, 0.3) is 0 Å². The van der Waals surface area contributed by atoms with Gasteiger partial charge in [0.05, 0.1) is 0 Å². The van der Waals surface area contributed by atoms with Gasteiger partial charge in [-0.15, -0.1) is 0 Å². The fourth-order valence-electron chi connectivity index (χ4n) is 0.449. The molecule has 0 aromatic rings. The number of rotatable bonds is 0. The van der Waals surface area contributed by atoms with Gasteiger partial charge >= 0.3 is 0 Å². The second kappa shape index (κ2) is 2.14. The lowest BCUT2D eigenvalue weighted by atomic mass is 11.0. The molecule has 50 valence electrons. The van der Waals surface area contributed by atoms with Crippen molar-refractivity contribution in [3.05, 3.63) is 0 Å². The second-order valence-electron chi connectivity index (χ2n) is 1.46. The van der Waals surface area contributed by atoms with Crippen LogP contribution in [0, 0.1) is 0 Å². The third kappa shape index (κ3) is 1.49. The standard InChI is InChI=1S/C3H7N5S/c1-9-7-2(4)6-3(5)8-9/h1H3,(H4,4,5,6,7,8). The number of nitrogens with two attached hydrogens (primary N) is 2. The Kier molecular flexibility index (Phi) is 1.48. The van der Waals surface area contributed by atoms with E-state index >= 15 is 0 Å². The van der Waals surface area contributed by atoms with Crippen molar-refractivity contribution in [1.82, 2.24) is 0 Å². The molecule has 6 heteroatoms. The maximum atomic E-state index is 5.24. The molecule has 0 fully saturated rings. The van der Waals surface area contributed by atoms with Gasteiger partial charge in [-0.3, -0.25) is 0 Å². The zero-order chi connectivity index (χ0) is 6.85. The lowest BCUT2D eigenvalue weighted by molar-refractivity contribution is 1.41. The van der Waals surface area contributed by atoms with E-state index in [2.05, 4.69) is 13.8 Å². The zero-order valence-corrected chi connectivity index (χ0v) is 5.72. The highest BCUT2D eigenvalue weighted by atomic mass is 32.2. The molecule has 1 unspecified atom stereocenters. The van der Waals surface area contributed by atoms with Gasteiger partial charge in [-0.1, -0.05) is 0 Å². The van der Waals surface area contributed by atoms with Crippen LogP contribution in [0.2, 0.25) is 0 Å². The molecule has 0 aromatic heterocycles. The monoisotopic (exact) mass is 145 g/mol. The molecule has 0 saturated heterocycles. The molecule has 0 saturated carbocycles. The van der Waals surface area contributed by atoms with E-state index in [-0.39, 0.29) is 11.9 Å². The van der Waals surface area contributed by atoms with Crippen LogP contribution < -0.4 is 11.5 Å². The van der Waals surface area contributed by atoms with E-state index in [1.165, 1.54) is 0 Å². The predicted octanol–water partition coefficient (Wildman–Crippen LogP) is -1.02. The minimum absolute atomic E-state index is 0.216. The van der Waals surface area contributed by atoms with Crippen molar-refractivity contribution in [1.29, 1.82) is 0 Å². The van der Waals surface area contributed by atoms with E-state index in [9.17, 15) is 0 Å². The van der Waals surface area contributed by atoms with Crippen LogP contribution in [0.3, 0.4) is 0 Å². The Morgan fingerprint density at radius 2 is 2.00 bits per heavy atom. The van der Waals surface area contributed by atoms with Crippen LogP contribution in [-0.2, 0) is 10.9 Å². The highest BCUT2D eigenvalue weighted by Crippen LogP contribution is 1.92. The largest absolute Gasteiger partial charge is 0.367 e. The summed E-state index contributed by atoms with van der Waals surface area (Å²) in [6.07, 6.45) is 1.81. The number of hydrogen-bond donors (Lipinski definition) is 2. The summed E-state index contributed by atoms with van der Waals surface area (Å²) >= 11 is 0. The van der Waals surface area contributed by atoms with Crippen LogP contribution in [0.25, 0.3) is 0 Å². The van der Waals surface area contributed by atoms with E-state index < -0.39 is 10.9 Å². The van der Waals surface area contributed by atoms with E-state index in [0.717, 1.165) is 0 Å². The van der Waals surface area contributed by atoms with Gasteiger partial charge in [0.1, 0.15) is 0 Å². The molecule has 9 heavy (non-hydrogen) atoms. The smallest absolute Gasteiger partial charge is 0.231 e. The van der Waals surface area contributed by atoms with Crippen molar-refractivity contribution in [2.75, 3.05) is 6.26 Å². The van der Waals surface area contributed by atoms with Crippen molar-refractivity contribution in [2.24, 2.45) is 25.2 Å². The summed E-state index contributed by atoms with van der Waals surface area (Å²) in [5, 5.41) is 0. The number of guanidine groups is 2. The predicted molar refractivity (Wildman–Crippen MR) is 39.0 cm³/mol. The summed E-state index contributed by atoms with van der Waals surface area (Å²) in [4.78, 5) is 3.60. The molecule has 5 nitrogen and oxygen atoms in total. The average Bonchev–Trinajstić information content (AvgIpc) is 1.59. The van der Waals surface area contributed by atoms with Gasteiger partial charge in [0, 0.05) is 17.1 Å². The first kappa shape index (κ1) is 6.21. The Morgan fingerprint density at radius 1 is 1.33 bits per heavy atom. The Labute approximate surface area is 55.1 Å². The quantitative estimate of drug-likeness (QED) is 0.456. The van der Waals surface area contributed by atoms with Crippen molar-refractivity contribution in [3.63, 3.8) is 0 Å². The van der Waals surface area contributed by atoms with Crippen LogP contribution in [0.1, 0.15) is 0 Å². The summed E-state index contributed by atoms with van der Waals surface area (Å²) in [5.41, 5.74) is 10.5. The van der Waals surface area contributed by atoms with Gasteiger partial charge < -0.3 is 11.5 Å². The summed E-state index contributed by atoms with van der Waals surface area (Å²) in [6, 6.07) is 0. The van der Waals surface area contributed by atoms with Crippen LogP contribution in [-0.4, -0.2) is 18.2 Å². The van der Waals surface area contributed by atoms with Gasteiger partial charge in [-0.05, 0) is 0 Å². The Hall–Kier alpha value is -0.910. The highest BCUT2D eigenvalue weighted by molar-refractivity contribution is 7.85. The molecule has 0 spiro atoms. The SMILES string of the molecule is CS1=NC(N)=NC(N)=N1. The van der Waals surface area contributed by atoms with Crippen molar-refractivity contribution in [2.45, 2.75) is 0 Å². The van der Waals surface area contributed by atoms with Crippen LogP contribution >= 0.6 is 0 Å². The maximum absolute atomic E-state index is 5.24. The van der Waals surface area contributed by atoms with Crippen LogP contribution in [0.5, 0.6) is 0 Å². The first-order chi connectivity index (χ1) is 4.18. The summed E-state index contributed by atoms with van der Waals surface area (Å²) in [5.74, 6) is 0.432. The average molecular weight is 145 g/mol. The zero-order valence-electron chi connectivity index (χ0n) is 4.90. The Morgan fingerprint density at radius 3 is 2.44 bits per heavy atom.